The van der Waals surface area contributed by atoms with Crippen molar-refractivity contribution in [2.75, 3.05) is 5.73 Å². The van der Waals surface area contributed by atoms with Crippen LogP contribution in [0.25, 0.3) is 21.8 Å². The number of fused-ring (bicyclic) bond motifs is 2. The lowest BCUT2D eigenvalue weighted by Crippen LogP contribution is -1.95. The van der Waals surface area contributed by atoms with Gasteiger partial charge >= 0.3 is 0 Å². The highest BCUT2D eigenvalue weighted by Gasteiger charge is 2.06. The zero-order valence-corrected chi connectivity index (χ0v) is 14.0. The Kier molecular flexibility index (Phi) is 5.12. The van der Waals surface area contributed by atoms with Gasteiger partial charge in [-0.25, -0.2) is 4.98 Å². The summed E-state index contributed by atoms with van der Waals surface area (Å²) in [5, 5.41) is 2.33. The van der Waals surface area contributed by atoms with Crippen molar-refractivity contribution in [3.05, 3.63) is 48.0 Å². The third-order valence-corrected chi connectivity index (χ3v) is 4.52. The highest BCUT2D eigenvalue weighted by Crippen LogP contribution is 2.26. The molecule has 2 heteroatoms. The number of nitrogens with zero attached hydrogens (tertiary/aromatic N) is 1. The number of benzene rings is 2. The van der Waals surface area contributed by atoms with E-state index < -0.39 is 0 Å². The average molecular weight is 306 g/mol. The van der Waals surface area contributed by atoms with Crippen LogP contribution >= 0.6 is 0 Å². The molecule has 0 spiro atoms. The van der Waals surface area contributed by atoms with Crippen LogP contribution < -0.4 is 5.73 Å². The minimum atomic E-state index is 0.843. The first-order valence-electron chi connectivity index (χ1n) is 8.86. The van der Waals surface area contributed by atoms with Gasteiger partial charge in [0.25, 0.3) is 0 Å². The molecule has 2 aromatic carbocycles. The lowest BCUT2D eigenvalue weighted by atomic mass is 10.0. The van der Waals surface area contributed by atoms with Crippen LogP contribution in [-0.4, -0.2) is 4.98 Å². The Morgan fingerprint density at radius 2 is 1.65 bits per heavy atom. The van der Waals surface area contributed by atoms with Crippen LogP contribution in [0.5, 0.6) is 0 Å². The molecule has 23 heavy (non-hydrogen) atoms. The minimum absolute atomic E-state index is 0.843. The maximum Gasteiger partial charge on any atom is 0.0743 e. The molecule has 0 amide bonds. The molecule has 120 valence electrons. The van der Waals surface area contributed by atoms with Gasteiger partial charge in [0, 0.05) is 16.5 Å². The molecule has 3 aromatic rings. The second kappa shape index (κ2) is 7.45. The molecule has 2 N–H and O–H groups in total. The summed E-state index contributed by atoms with van der Waals surface area (Å²) in [7, 11) is 0. The Morgan fingerprint density at radius 1 is 0.870 bits per heavy atom. The van der Waals surface area contributed by atoms with Gasteiger partial charge in [-0.2, -0.15) is 0 Å². The summed E-state index contributed by atoms with van der Waals surface area (Å²) in [6, 6.07) is 14.7. The summed E-state index contributed by atoms with van der Waals surface area (Å²) in [4.78, 5) is 4.89. The van der Waals surface area contributed by atoms with Crippen LogP contribution in [0.2, 0.25) is 0 Å². The van der Waals surface area contributed by atoms with E-state index in [4.69, 9.17) is 10.7 Å². The smallest absolute Gasteiger partial charge is 0.0743 e. The highest BCUT2D eigenvalue weighted by atomic mass is 14.7. The molecule has 0 aliphatic rings. The second-order valence-corrected chi connectivity index (χ2v) is 6.45. The van der Waals surface area contributed by atoms with E-state index in [0.717, 1.165) is 28.5 Å². The van der Waals surface area contributed by atoms with Crippen LogP contribution in [0.4, 0.5) is 5.69 Å². The third-order valence-electron chi connectivity index (χ3n) is 4.52. The maximum absolute atomic E-state index is 6.11. The van der Waals surface area contributed by atoms with Crippen molar-refractivity contribution in [1.82, 2.24) is 4.98 Å². The molecule has 0 aliphatic heterocycles. The van der Waals surface area contributed by atoms with E-state index in [0.29, 0.717) is 0 Å². The number of hydrogen-bond acceptors (Lipinski definition) is 2. The molecule has 0 unspecified atom stereocenters. The Labute approximate surface area is 138 Å². The Morgan fingerprint density at radius 3 is 2.52 bits per heavy atom. The number of hydrogen-bond donors (Lipinski definition) is 1. The quantitative estimate of drug-likeness (QED) is 0.336. The van der Waals surface area contributed by atoms with Gasteiger partial charge in [0.1, 0.15) is 0 Å². The second-order valence-electron chi connectivity index (χ2n) is 6.45. The predicted molar refractivity (Wildman–Crippen MR) is 101 cm³/mol. The van der Waals surface area contributed by atoms with Gasteiger partial charge in [-0.1, -0.05) is 57.2 Å². The Balaban J connectivity index is 1.82. The molecule has 0 radical (unpaired) electrons. The standard InChI is InChI=1S/C21H26N2/c1-2-3-4-5-6-7-11-17-14-19(22)15-18-13-16-10-8-9-12-20(16)23-21(17)18/h8-10,12-15H,2-7,11,22H2,1H3. The van der Waals surface area contributed by atoms with E-state index in [1.54, 1.807) is 0 Å². The number of pyridine rings is 1. The first-order valence-corrected chi connectivity index (χ1v) is 8.86. The predicted octanol–water partition coefficient (Wildman–Crippen LogP) is 5.87. The lowest BCUT2D eigenvalue weighted by Gasteiger charge is -2.09. The average Bonchev–Trinajstić information content (AvgIpc) is 2.56. The summed E-state index contributed by atoms with van der Waals surface area (Å²) in [5.74, 6) is 0. The van der Waals surface area contributed by atoms with E-state index in [2.05, 4.69) is 37.3 Å². The van der Waals surface area contributed by atoms with Gasteiger partial charge in [-0.15, -0.1) is 0 Å². The SMILES string of the molecule is CCCCCCCCc1cc(N)cc2cc3ccccc3nc12. The molecule has 1 aromatic heterocycles. The fourth-order valence-electron chi connectivity index (χ4n) is 3.28. The molecule has 3 rings (SSSR count). The summed E-state index contributed by atoms with van der Waals surface area (Å²) < 4.78 is 0. The molecule has 0 bridgehead atoms. The number of aryl methyl sites for hydroxylation is 1. The van der Waals surface area contributed by atoms with Gasteiger partial charge in [-0.05, 0) is 42.7 Å². The Bertz CT molecular complexity index is 792. The van der Waals surface area contributed by atoms with Crippen LogP contribution in [0, 0.1) is 0 Å². The molecule has 0 saturated carbocycles. The monoisotopic (exact) mass is 306 g/mol. The topological polar surface area (TPSA) is 38.9 Å². The van der Waals surface area contributed by atoms with Crippen molar-refractivity contribution in [3.63, 3.8) is 0 Å². The van der Waals surface area contributed by atoms with Crippen molar-refractivity contribution >= 4 is 27.5 Å². The number of unbranched alkanes of at least 4 members (excludes halogenated alkanes) is 5. The number of rotatable bonds is 7. The molecule has 1 heterocycles. The van der Waals surface area contributed by atoms with Crippen molar-refractivity contribution < 1.29 is 0 Å². The number of aromatic nitrogens is 1. The van der Waals surface area contributed by atoms with E-state index in [1.165, 1.54) is 49.5 Å². The fourth-order valence-corrected chi connectivity index (χ4v) is 3.28. The zero-order valence-electron chi connectivity index (χ0n) is 14.0. The zero-order chi connectivity index (χ0) is 16.1. The highest BCUT2D eigenvalue weighted by molar-refractivity contribution is 5.95. The number of nitrogens with two attached hydrogens (primary N) is 1. The molecule has 0 saturated heterocycles. The summed E-state index contributed by atoms with van der Waals surface area (Å²) in [6.07, 6.45) is 8.94. The third kappa shape index (κ3) is 3.82. The van der Waals surface area contributed by atoms with Crippen LogP contribution in [0.3, 0.4) is 0 Å². The van der Waals surface area contributed by atoms with E-state index in [1.807, 2.05) is 12.1 Å². The normalized spacial score (nSPS) is 11.3. The number of para-hydroxylation sites is 1. The van der Waals surface area contributed by atoms with E-state index >= 15 is 0 Å². The number of nitrogen functional groups attached to an aromatic ring is 1. The Hall–Kier alpha value is -2.09. The van der Waals surface area contributed by atoms with Gasteiger partial charge in [0.05, 0.1) is 11.0 Å². The van der Waals surface area contributed by atoms with Gasteiger partial charge in [0.15, 0.2) is 0 Å². The van der Waals surface area contributed by atoms with Crippen molar-refractivity contribution in [1.29, 1.82) is 0 Å². The molecule has 0 aliphatic carbocycles. The van der Waals surface area contributed by atoms with E-state index in [-0.39, 0.29) is 0 Å². The maximum atomic E-state index is 6.11. The van der Waals surface area contributed by atoms with Crippen molar-refractivity contribution in [2.45, 2.75) is 51.9 Å². The fraction of sp³-hybridized carbons (Fsp3) is 0.381. The molecule has 0 atom stereocenters. The summed E-state index contributed by atoms with van der Waals surface area (Å²) >= 11 is 0. The van der Waals surface area contributed by atoms with Crippen molar-refractivity contribution in [3.8, 4) is 0 Å². The van der Waals surface area contributed by atoms with Crippen molar-refractivity contribution in [2.24, 2.45) is 0 Å². The van der Waals surface area contributed by atoms with Gasteiger partial charge in [0.2, 0.25) is 0 Å². The first kappa shape index (κ1) is 15.8. The van der Waals surface area contributed by atoms with Crippen LogP contribution in [0.1, 0.15) is 51.0 Å². The molecule has 0 fully saturated rings. The van der Waals surface area contributed by atoms with Crippen LogP contribution in [0.15, 0.2) is 42.5 Å². The lowest BCUT2D eigenvalue weighted by molar-refractivity contribution is 0.608. The van der Waals surface area contributed by atoms with Gasteiger partial charge < -0.3 is 5.73 Å². The van der Waals surface area contributed by atoms with Crippen LogP contribution in [-0.2, 0) is 6.42 Å². The molecular weight excluding hydrogens is 280 g/mol. The minimum Gasteiger partial charge on any atom is -0.399 e. The summed E-state index contributed by atoms with van der Waals surface area (Å²) in [5.41, 5.74) is 10.4. The largest absolute Gasteiger partial charge is 0.399 e. The first-order chi connectivity index (χ1) is 11.3. The molecular formula is C21H26N2. The number of anilines is 1. The summed E-state index contributed by atoms with van der Waals surface area (Å²) in [6.45, 7) is 2.26. The molecule has 2 nitrogen and oxygen atoms in total. The van der Waals surface area contributed by atoms with Gasteiger partial charge in [-0.3, -0.25) is 0 Å². The van der Waals surface area contributed by atoms with E-state index in [9.17, 15) is 0 Å².